The monoisotopic (exact) mass is 726 g/mol. The summed E-state index contributed by atoms with van der Waals surface area (Å²) in [6.07, 6.45) is 3.09. The van der Waals surface area contributed by atoms with Crippen LogP contribution in [0.1, 0.15) is 43.6 Å². The van der Waals surface area contributed by atoms with Gasteiger partial charge >= 0.3 is 23.9 Å². The first-order chi connectivity index (χ1) is 25.6. The smallest absolute Gasteiger partial charge is 0.338 e. The van der Waals surface area contributed by atoms with Gasteiger partial charge in [0.1, 0.15) is 23.0 Å². The zero-order valence-electron chi connectivity index (χ0n) is 30.3. The molecular weight excluding hydrogens is 688 g/mol. The Bertz CT molecular complexity index is 2050. The van der Waals surface area contributed by atoms with Gasteiger partial charge in [0.25, 0.3) is 0 Å². The number of rotatable bonds is 13. The summed E-state index contributed by atoms with van der Waals surface area (Å²) in [4.78, 5) is 58.1. The van der Waals surface area contributed by atoms with Crippen molar-refractivity contribution >= 4 is 47.1 Å². The highest BCUT2D eigenvalue weighted by molar-refractivity contribution is 6.07. The maximum atomic E-state index is 12.3. The molecule has 0 saturated carbocycles. The predicted molar refractivity (Wildman–Crippen MR) is 205 cm³/mol. The zero-order chi connectivity index (χ0) is 39.8. The van der Waals surface area contributed by atoms with E-state index in [1.807, 2.05) is 0 Å². The van der Waals surface area contributed by atoms with Crippen LogP contribution in [0.25, 0.3) is 6.08 Å². The molecule has 0 aliphatic rings. The molecule has 0 spiro atoms. The number of ether oxygens (including phenoxy) is 4. The minimum absolute atomic E-state index is 0.199. The van der Waals surface area contributed by atoms with Gasteiger partial charge in [-0.05, 0) is 124 Å². The van der Waals surface area contributed by atoms with E-state index in [0.29, 0.717) is 62.2 Å². The second kappa shape index (κ2) is 19.9. The van der Waals surface area contributed by atoms with E-state index >= 15 is 0 Å². The topological polar surface area (TPSA) is 147 Å². The van der Waals surface area contributed by atoms with Gasteiger partial charge in [-0.15, -0.1) is 0 Å². The molecule has 54 heavy (non-hydrogen) atoms. The van der Waals surface area contributed by atoms with Crippen LogP contribution in [-0.2, 0) is 19.2 Å². The summed E-state index contributed by atoms with van der Waals surface area (Å²) < 4.78 is 20.4. The molecule has 11 nitrogen and oxygen atoms in total. The van der Waals surface area contributed by atoms with E-state index in [-0.39, 0.29) is 5.78 Å². The Hall–Kier alpha value is -7.27. The number of esters is 4. The Morgan fingerprint density at radius 2 is 0.722 bits per heavy atom. The fourth-order valence-corrected chi connectivity index (χ4v) is 3.66. The average Bonchev–Trinajstić information content (AvgIpc) is 3.15. The second-order valence-corrected chi connectivity index (χ2v) is 11.7. The van der Waals surface area contributed by atoms with Crippen LogP contribution in [-0.4, -0.2) is 29.7 Å². The third-order valence-electron chi connectivity index (χ3n) is 6.64. The number of hydrogen-bond acceptors (Lipinski definition) is 11. The summed E-state index contributed by atoms with van der Waals surface area (Å²) in [5.74, 6) is -0.618. The van der Waals surface area contributed by atoms with Gasteiger partial charge in [-0.25, -0.2) is 19.2 Å². The van der Waals surface area contributed by atoms with Crippen molar-refractivity contribution in [2.45, 2.75) is 27.7 Å². The molecule has 0 heterocycles. The van der Waals surface area contributed by atoms with Gasteiger partial charge in [0.15, 0.2) is 5.78 Å². The van der Waals surface area contributed by atoms with Gasteiger partial charge in [-0.1, -0.05) is 44.5 Å². The Morgan fingerprint density at radius 1 is 0.444 bits per heavy atom. The number of benzene rings is 4. The molecule has 0 bridgehead atoms. The van der Waals surface area contributed by atoms with Crippen molar-refractivity contribution in [1.29, 1.82) is 0 Å². The maximum Gasteiger partial charge on any atom is 0.338 e. The quantitative estimate of drug-likeness (QED) is 0.0432. The van der Waals surface area contributed by atoms with Crippen molar-refractivity contribution in [3.63, 3.8) is 0 Å². The van der Waals surface area contributed by atoms with Gasteiger partial charge in [0.2, 0.25) is 0 Å². The largest absolute Gasteiger partial charge is 0.423 e. The van der Waals surface area contributed by atoms with Gasteiger partial charge < -0.3 is 18.9 Å². The predicted octanol–water partition coefficient (Wildman–Crippen LogP) is 9.61. The molecule has 0 unspecified atom stereocenters. The van der Waals surface area contributed by atoms with Gasteiger partial charge in [-0.2, -0.15) is 10.2 Å². The van der Waals surface area contributed by atoms with Crippen LogP contribution in [0.5, 0.6) is 23.0 Å². The summed E-state index contributed by atoms with van der Waals surface area (Å²) in [5.41, 5.74) is 3.68. The number of allylic oxidation sites excluding steroid dienone is 1. The first-order valence-corrected chi connectivity index (χ1v) is 16.2. The van der Waals surface area contributed by atoms with Gasteiger partial charge in [0.05, 0.1) is 11.4 Å². The lowest BCUT2D eigenvalue weighted by Gasteiger charge is -2.04. The highest BCUT2D eigenvalue weighted by atomic mass is 16.5. The summed E-state index contributed by atoms with van der Waals surface area (Å²) in [6.45, 7) is 20.4. The minimum Gasteiger partial charge on any atom is -0.423 e. The molecule has 0 radical (unpaired) electrons. The highest BCUT2D eigenvalue weighted by Crippen LogP contribution is 2.24. The van der Waals surface area contributed by atoms with Crippen molar-refractivity contribution in [3.05, 3.63) is 163 Å². The van der Waals surface area contributed by atoms with E-state index in [9.17, 15) is 24.0 Å². The summed E-state index contributed by atoms with van der Waals surface area (Å²) >= 11 is 0. The Morgan fingerprint density at radius 3 is 1.02 bits per heavy atom. The number of carbonyl (C=O) groups is 5. The number of ketones is 1. The molecule has 4 rings (SSSR count). The van der Waals surface area contributed by atoms with Crippen molar-refractivity contribution < 1.29 is 42.9 Å². The van der Waals surface area contributed by atoms with Crippen molar-refractivity contribution in [2.24, 2.45) is 10.2 Å². The molecular formula is C43H38N2O9. The normalized spacial score (nSPS) is 10.4. The zero-order valence-corrected chi connectivity index (χ0v) is 30.3. The summed E-state index contributed by atoms with van der Waals surface area (Å²) in [5, 5.41) is 8.19. The number of hydrogen-bond donors (Lipinski definition) is 0. The molecule has 0 saturated heterocycles. The lowest BCUT2D eigenvalue weighted by Crippen LogP contribution is -2.08. The Labute approximate surface area is 313 Å². The molecule has 274 valence electrons. The molecule has 0 atom stereocenters. The van der Waals surface area contributed by atoms with E-state index < -0.39 is 23.9 Å². The van der Waals surface area contributed by atoms with E-state index in [0.717, 1.165) is 5.56 Å². The molecule has 0 aliphatic carbocycles. The Kier molecular flexibility index (Phi) is 15.2. The minimum atomic E-state index is -0.517. The molecule has 0 amide bonds. The molecule has 11 heteroatoms. The van der Waals surface area contributed by atoms with E-state index in [4.69, 9.17) is 18.9 Å². The third-order valence-corrected chi connectivity index (χ3v) is 6.64. The van der Waals surface area contributed by atoms with Crippen LogP contribution < -0.4 is 18.9 Å². The lowest BCUT2D eigenvalue weighted by atomic mass is 10.1. The first-order valence-electron chi connectivity index (χ1n) is 16.2. The maximum absolute atomic E-state index is 12.3. The summed E-state index contributed by atoms with van der Waals surface area (Å²) in [6, 6.07) is 26.2. The van der Waals surface area contributed by atoms with Crippen molar-refractivity contribution in [2.75, 3.05) is 0 Å². The highest BCUT2D eigenvalue weighted by Gasteiger charge is 2.09. The van der Waals surface area contributed by atoms with Crippen molar-refractivity contribution in [1.82, 2.24) is 0 Å². The molecule has 0 N–H and O–H groups in total. The standard InChI is InChI=1S/C23H20O5.C20H18N2O4/c1-15(2)22(25)27-19-10-5-17(6-11-19)7-14-21(24)18-8-12-20(13-9-18)28-23(26)16(3)4;1-13(2)19(23)25-17-9-5-15(6-10-17)21-22-16-7-11-18(12-8-16)26-20(24)14(3)4/h5-14H,1,3H2,2,4H3;5-12H,1,3H2,2,4H3/b14-7+;. The first kappa shape index (κ1) is 41.2. The van der Waals surface area contributed by atoms with Crippen LogP contribution >= 0.6 is 0 Å². The van der Waals surface area contributed by atoms with Crippen LogP contribution in [0.3, 0.4) is 0 Å². The van der Waals surface area contributed by atoms with E-state index in [2.05, 4.69) is 36.5 Å². The van der Waals surface area contributed by atoms with Crippen LogP contribution in [0.2, 0.25) is 0 Å². The van der Waals surface area contributed by atoms with Gasteiger partial charge in [-0.3, -0.25) is 4.79 Å². The fourth-order valence-electron chi connectivity index (χ4n) is 3.66. The van der Waals surface area contributed by atoms with Crippen molar-refractivity contribution in [3.8, 4) is 23.0 Å². The molecule has 0 aliphatic heterocycles. The average molecular weight is 727 g/mol. The van der Waals surface area contributed by atoms with E-state index in [1.165, 1.54) is 6.08 Å². The lowest BCUT2D eigenvalue weighted by molar-refractivity contribution is -0.130. The summed E-state index contributed by atoms with van der Waals surface area (Å²) in [7, 11) is 0. The molecule has 4 aromatic rings. The molecule has 4 aromatic carbocycles. The third kappa shape index (κ3) is 13.8. The van der Waals surface area contributed by atoms with Gasteiger partial charge in [0, 0.05) is 27.9 Å². The number of azo groups is 1. The second-order valence-electron chi connectivity index (χ2n) is 11.7. The SMILES string of the molecule is C=C(C)C(=O)Oc1ccc(/C=C/C(=O)c2ccc(OC(=O)C(=C)C)cc2)cc1.C=C(C)C(=O)Oc1ccc(N=Nc2ccc(OC(=O)C(=C)C)cc2)cc1. The fraction of sp³-hybridized carbons (Fsp3) is 0.0930. The van der Waals surface area contributed by atoms with Crippen LogP contribution in [0.4, 0.5) is 11.4 Å². The number of carbonyl (C=O) groups excluding carboxylic acids is 5. The number of nitrogens with zero attached hydrogens (tertiary/aromatic N) is 2. The molecule has 0 fully saturated rings. The Balaban J connectivity index is 0.000000291. The van der Waals surface area contributed by atoms with Crippen LogP contribution in [0.15, 0.2) is 162 Å². The van der Waals surface area contributed by atoms with Crippen LogP contribution in [0, 0.1) is 0 Å². The van der Waals surface area contributed by atoms with E-state index in [1.54, 1.807) is 131 Å². The molecule has 0 aromatic heterocycles.